The molecule has 0 radical (unpaired) electrons. The summed E-state index contributed by atoms with van der Waals surface area (Å²) in [6.45, 7) is 2.97. The van der Waals surface area contributed by atoms with Crippen LogP contribution in [0.2, 0.25) is 0 Å². The summed E-state index contributed by atoms with van der Waals surface area (Å²) in [6.07, 6.45) is 8.94. The molecule has 1 unspecified atom stereocenters. The second-order valence-corrected chi connectivity index (χ2v) is 7.89. The third-order valence-electron chi connectivity index (χ3n) is 4.92. The van der Waals surface area contributed by atoms with Gasteiger partial charge in [0.2, 0.25) is 17.9 Å². The molecule has 4 rings (SSSR count). The minimum absolute atomic E-state index is 0.258. The fourth-order valence-corrected chi connectivity index (χ4v) is 3.95. The minimum Gasteiger partial charge on any atom is -0.462 e. The molecular formula is C21H26N6O2S. The van der Waals surface area contributed by atoms with Gasteiger partial charge in [0.05, 0.1) is 0 Å². The maximum atomic E-state index is 5.64. The van der Waals surface area contributed by atoms with E-state index in [1.807, 2.05) is 23.9 Å². The molecule has 1 aromatic carbocycles. The van der Waals surface area contributed by atoms with E-state index in [1.54, 1.807) is 18.8 Å². The Labute approximate surface area is 180 Å². The molecule has 1 N–H and O–H groups in total. The van der Waals surface area contributed by atoms with Gasteiger partial charge in [0, 0.05) is 50.0 Å². The van der Waals surface area contributed by atoms with E-state index < -0.39 is 0 Å². The molecule has 3 aromatic rings. The minimum atomic E-state index is 0.258. The standard InChI is InChI=1S/C21H26N6O2S/c1-26(21-24-20(25-30-21)27-11-9-23-15-27)10-5-8-22-13-18(19-14-28-16-29-19)12-17-6-3-2-4-7-17/h2-4,6-7,9,11,14-15,18,22H,5,8,10,12-13,16H2,1H3. The summed E-state index contributed by atoms with van der Waals surface area (Å²) >= 11 is 1.40. The Morgan fingerprint density at radius 3 is 2.97 bits per heavy atom. The number of hydrogen-bond acceptors (Lipinski definition) is 8. The Morgan fingerprint density at radius 1 is 1.30 bits per heavy atom. The highest BCUT2D eigenvalue weighted by atomic mass is 32.1. The molecule has 0 fully saturated rings. The van der Waals surface area contributed by atoms with Crippen LogP contribution in [0.1, 0.15) is 12.0 Å². The van der Waals surface area contributed by atoms with Crippen molar-refractivity contribution in [3.05, 3.63) is 66.6 Å². The topological polar surface area (TPSA) is 77.3 Å². The highest BCUT2D eigenvalue weighted by Crippen LogP contribution is 2.22. The zero-order chi connectivity index (χ0) is 20.6. The molecule has 1 atom stereocenters. The van der Waals surface area contributed by atoms with E-state index in [9.17, 15) is 0 Å². The van der Waals surface area contributed by atoms with E-state index in [-0.39, 0.29) is 5.92 Å². The molecule has 30 heavy (non-hydrogen) atoms. The molecule has 3 heterocycles. The smallest absolute Gasteiger partial charge is 0.248 e. The first-order valence-corrected chi connectivity index (χ1v) is 10.8. The number of imidazole rings is 1. The molecule has 8 nitrogen and oxygen atoms in total. The van der Waals surface area contributed by atoms with Crippen molar-refractivity contribution in [2.75, 3.05) is 38.4 Å². The average molecular weight is 427 g/mol. The molecule has 2 aromatic heterocycles. The molecule has 1 aliphatic heterocycles. The Bertz CT molecular complexity index is 928. The number of ether oxygens (including phenoxy) is 2. The van der Waals surface area contributed by atoms with Gasteiger partial charge < -0.3 is 19.7 Å². The highest BCUT2D eigenvalue weighted by Gasteiger charge is 2.20. The Morgan fingerprint density at radius 2 is 2.20 bits per heavy atom. The normalized spacial score (nSPS) is 14.1. The van der Waals surface area contributed by atoms with Crippen LogP contribution < -0.4 is 10.2 Å². The van der Waals surface area contributed by atoms with Crippen LogP contribution in [0, 0.1) is 5.92 Å². The fraction of sp³-hybridized carbons (Fsp3) is 0.381. The van der Waals surface area contributed by atoms with Crippen LogP contribution in [0.5, 0.6) is 0 Å². The van der Waals surface area contributed by atoms with E-state index in [4.69, 9.17) is 9.47 Å². The van der Waals surface area contributed by atoms with Crippen molar-refractivity contribution in [1.82, 2.24) is 24.2 Å². The Kier molecular flexibility index (Phi) is 6.94. The summed E-state index contributed by atoms with van der Waals surface area (Å²) in [5.41, 5.74) is 1.30. The van der Waals surface area contributed by atoms with Gasteiger partial charge in [-0.25, -0.2) is 4.98 Å². The molecule has 0 saturated carbocycles. The van der Waals surface area contributed by atoms with E-state index in [2.05, 4.69) is 48.8 Å². The molecule has 0 saturated heterocycles. The quantitative estimate of drug-likeness (QED) is 0.473. The Hall–Kier alpha value is -2.91. The molecule has 0 aliphatic carbocycles. The molecule has 158 valence electrons. The molecular weight excluding hydrogens is 400 g/mol. The summed E-state index contributed by atoms with van der Waals surface area (Å²) in [6, 6.07) is 10.5. The van der Waals surface area contributed by atoms with Crippen LogP contribution in [0.3, 0.4) is 0 Å². The van der Waals surface area contributed by atoms with Gasteiger partial charge in [-0.2, -0.15) is 9.36 Å². The van der Waals surface area contributed by atoms with Crippen molar-refractivity contribution in [2.24, 2.45) is 5.92 Å². The largest absolute Gasteiger partial charge is 0.462 e. The lowest BCUT2D eigenvalue weighted by molar-refractivity contribution is 0.0703. The van der Waals surface area contributed by atoms with Gasteiger partial charge in [-0.3, -0.25) is 4.57 Å². The highest BCUT2D eigenvalue weighted by molar-refractivity contribution is 7.09. The number of aromatic nitrogens is 4. The molecule has 0 bridgehead atoms. The second kappa shape index (κ2) is 10.2. The molecule has 0 spiro atoms. The SMILES string of the molecule is CN(CCCNCC(Cc1ccccc1)C1=COCO1)c1nc(-n2ccnc2)ns1. The lowest BCUT2D eigenvalue weighted by atomic mass is 9.97. The maximum absolute atomic E-state index is 5.64. The Balaban J connectivity index is 1.22. The number of nitrogens with one attached hydrogen (secondary N) is 1. The van der Waals surface area contributed by atoms with Crippen molar-refractivity contribution in [3.8, 4) is 5.95 Å². The first-order valence-electron chi connectivity index (χ1n) is 10.0. The van der Waals surface area contributed by atoms with E-state index in [1.165, 1.54) is 17.1 Å². The molecule has 9 heteroatoms. The number of anilines is 1. The van der Waals surface area contributed by atoms with Gasteiger partial charge in [0.1, 0.15) is 18.3 Å². The average Bonchev–Trinajstić information content (AvgIpc) is 3.55. The summed E-state index contributed by atoms with van der Waals surface area (Å²) in [5, 5.41) is 4.47. The van der Waals surface area contributed by atoms with Gasteiger partial charge in [-0.1, -0.05) is 30.3 Å². The van der Waals surface area contributed by atoms with Crippen LogP contribution in [-0.2, 0) is 15.9 Å². The van der Waals surface area contributed by atoms with E-state index >= 15 is 0 Å². The number of benzene rings is 1. The summed E-state index contributed by atoms with van der Waals surface area (Å²) in [7, 11) is 2.05. The van der Waals surface area contributed by atoms with Crippen molar-refractivity contribution < 1.29 is 9.47 Å². The third kappa shape index (κ3) is 5.37. The third-order valence-corrected chi connectivity index (χ3v) is 5.75. The summed E-state index contributed by atoms with van der Waals surface area (Å²) < 4.78 is 17.1. The second-order valence-electron chi connectivity index (χ2n) is 7.16. The lowest BCUT2D eigenvalue weighted by Crippen LogP contribution is -2.29. The van der Waals surface area contributed by atoms with Crippen molar-refractivity contribution >= 4 is 16.7 Å². The molecule has 0 amide bonds. The first kappa shape index (κ1) is 20.4. The van der Waals surface area contributed by atoms with Gasteiger partial charge in [0.15, 0.2) is 0 Å². The fourth-order valence-electron chi connectivity index (χ4n) is 3.30. The maximum Gasteiger partial charge on any atom is 0.248 e. The number of rotatable bonds is 11. The lowest BCUT2D eigenvalue weighted by Gasteiger charge is -2.19. The molecule has 1 aliphatic rings. The summed E-state index contributed by atoms with van der Waals surface area (Å²) in [4.78, 5) is 10.8. The van der Waals surface area contributed by atoms with Crippen LogP contribution in [0.15, 0.2) is 61.1 Å². The number of nitrogens with zero attached hydrogens (tertiary/aromatic N) is 5. The predicted molar refractivity (Wildman–Crippen MR) is 117 cm³/mol. The van der Waals surface area contributed by atoms with E-state index in [0.29, 0.717) is 12.7 Å². The van der Waals surface area contributed by atoms with Gasteiger partial charge in [0.25, 0.3) is 0 Å². The van der Waals surface area contributed by atoms with E-state index in [0.717, 1.165) is 43.4 Å². The van der Waals surface area contributed by atoms with Crippen LogP contribution in [0.25, 0.3) is 5.95 Å². The van der Waals surface area contributed by atoms with Crippen molar-refractivity contribution in [3.63, 3.8) is 0 Å². The van der Waals surface area contributed by atoms with Gasteiger partial charge in [-0.05, 0) is 24.9 Å². The van der Waals surface area contributed by atoms with Crippen LogP contribution >= 0.6 is 11.5 Å². The van der Waals surface area contributed by atoms with Crippen molar-refractivity contribution in [1.29, 1.82) is 0 Å². The van der Waals surface area contributed by atoms with Crippen LogP contribution in [0.4, 0.5) is 5.13 Å². The van der Waals surface area contributed by atoms with Gasteiger partial charge >= 0.3 is 0 Å². The number of hydrogen-bond donors (Lipinski definition) is 1. The summed E-state index contributed by atoms with van der Waals surface area (Å²) in [5.74, 6) is 1.84. The first-order chi connectivity index (χ1) is 14.8. The van der Waals surface area contributed by atoms with Crippen LogP contribution in [-0.4, -0.2) is 52.4 Å². The monoisotopic (exact) mass is 426 g/mol. The predicted octanol–water partition coefficient (Wildman–Crippen LogP) is 2.84. The zero-order valence-electron chi connectivity index (χ0n) is 17.0. The van der Waals surface area contributed by atoms with Crippen molar-refractivity contribution in [2.45, 2.75) is 12.8 Å². The van der Waals surface area contributed by atoms with Gasteiger partial charge in [-0.15, -0.1) is 0 Å². The zero-order valence-corrected chi connectivity index (χ0v) is 17.8.